The van der Waals surface area contributed by atoms with Crippen LogP contribution in [0.5, 0.6) is 0 Å². The number of allylic oxidation sites excluding steroid dienone is 1. The molecule has 0 rings (SSSR count). The summed E-state index contributed by atoms with van der Waals surface area (Å²) in [5, 5.41) is 3.39. The molecule has 1 atom stereocenters. The molecule has 1 nitrogen and oxygen atoms in total. The number of halogens is 1. The number of rotatable bonds is 5. The van der Waals surface area contributed by atoms with E-state index in [1.165, 1.54) is 5.57 Å². The first-order valence-electron chi connectivity index (χ1n) is 4.50. The van der Waals surface area contributed by atoms with E-state index in [2.05, 4.69) is 39.1 Å². The molecule has 0 aliphatic carbocycles. The second-order valence-electron chi connectivity index (χ2n) is 3.69. The molecule has 0 aliphatic rings. The van der Waals surface area contributed by atoms with E-state index in [4.69, 9.17) is 11.6 Å². The van der Waals surface area contributed by atoms with Gasteiger partial charge in [-0.2, -0.15) is 0 Å². The highest BCUT2D eigenvalue weighted by Crippen LogP contribution is 2.03. The summed E-state index contributed by atoms with van der Waals surface area (Å²) >= 11 is 5.79. The number of alkyl halides is 1. The molecular formula is C10H20ClN. The van der Waals surface area contributed by atoms with Crippen LogP contribution in [0.4, 0.5) is 0 Å². The van der Waals surface area contributed by atoms with Crippen LogP contribution in [0.3, 0.4) is 0 Å². The zero-order valence-electron chi connectivity index (χ0n) is 8.52. The van der Waals surface area contributed by atoms with Crippen molar-refractivity contribution < 1.29 is 0 Å². The van der Waals surface area contributed by atoms with Gasteiger partial charge in [0.2, 0.25) is 0 Å². The second-order valence-corrected chi connectivity index (χ2v) is 4.00. The molecule has 0 heterocycles. The molecule has 2 heteroatoms. The highest BCUT2D eigenvalue weighted by molar-refractivity contribution is 6.18. The van der Waals surface area contributed by atoms with E-state index in [0.717, 1.165) is 6.54 Å². The zero-order chi connectivity index (χ0) is 9.56. The largest absolute Gasteiger partial charge is 0.309 e. The van der Waals surface area contributed by atoms with Gasteiger partial charge < -0.3 is 5.32 Å². The molecule has 0 fully saturated rings. The van der Waals surface area contributed by atoms with Gasteiger partial charge in [-0.05, 0) is 19.8 Å². The van der Waals surface area contributed by atoms with Crippen LogP contribution in [0, 0.1) is 5.92 Å². The first-order valence-corrected chi connectivity index (χ1v) is 5.04. The molecule has 0 spiro atoms. The molecule has 0 radical (unpaired) electrons. The van der Waals surface area contributed by atoms with E-state index in [9.17, 15) is 0 Å². The Hall–Kier alpha value is -0.0100. The molecule has 0 bridgehead atoms. The lowest BCUT2D eigenvalue weighted by Gasteiger charge is -2.18. The standard InChI is InChI=1S/C10H20ClN/c1-8(2)5-6-12-10(7-11)9(3)4/h5,9-10,12H,6-7H2,1-4H3. The van der Waals surface area contributed by atoms with Gasteiger partial charge in [0, 0.05) is 18.5 Å². The molecule has 0 saturated heterocycles. The van der Waals surface area contributed by atoms with Gasteiger partial charge >= 0.3 is 0 Å². The summed E-state index contributed by atoms with van der Waals surface area (Å²) in [5.41, 5.74) is 1.35. The van der Waals surface area contributed by atoms with E-state index in [1.807, 2.05) is 0 Å². The monoisotopic (exact) mass is 189 g/mol. The van der Waals surface area contributed by atoms with Crippen molar-refractivity contribution >= 4 is 11.6 Å². The third-order valence-corrected chi connectivity index (χ3v) is 2.19. The van der Waals surface area contributed by atoms with Gasteiger partial charge in [0.25, 0.3) is 0 Å². The minimum absolute atomic E-state index is 0.433. The summed E-state index contributed by atoms with van der Waals surface area (Å²) in [6.07, 6.45) is 2.18. The molecule has 0 aliphatic heterocycles. The highest BCUT2D eigenvalue weighted by Gasteiger charge is 2.09. The van der Waals surface area contributed by atoms with Gasteiger partial charge in [-0.25, -0.2) is 0 Å². The van der Waals surface area contributed by atoms with Crippen molar-refractivity contribution in [3.05, 3.63) is 11.6 Å². The van der Waals surface area contributed by atoms with Crippen molar-refractivity contribution in [2.24, 2.45) is 5.92 Å². The minimum atomic E-state index is 0.433. The van der Waals surface area contributed by atoms with Crippen LogP contribution >= 0.6 is 11.6 Å². The lowest BCUT2D eigenvalue weighted by Crippen LogP contribution is -2.35. The van der Waals surface area contributed by atoms with E-state index in [-0.39, 0.29) is 0 Å². The SMILES string of the molecule is CC(C)=CCNC(CCl)C(C)C. The molecule has 1 unspecified atom stereocenters. The fourth-order valence-electron chi connectivity index (χ4n) is 0.883. The topological polar surface area (TPSA) is 12.0 Å². The number of hydrogen-bond acceptors (Lipinski definition) is 1. The molecule has 72 valence electrons. The molecule has 0 aromatic heterocycles. The average molecular weight is 190 g/mol. The summed E-state index contributed by atoms with van der Waals surface area (Å²) in [7, 11) is 0. The highest BCUT2D eigenvalue weighted by atomic mass is 35.5. The van der Waals surface area contributed by atoms with Crippen LogP contribution in [0.15, 0.2) is 11.6 Å². The van der Waals surface area contributed by atoms with Gasteiger partial charge in [-0.3, -0.25) is 0 Å². The van der Waals surface area contributed by atoms with E-state index in [1.54, 1.807) is 0 Å². The molecule has 0 aromatic rings. The van der Waals surface area contributed by atoms with Gasteiger partial charge in [0.15, 0.2) is 0 Å². The molecule has 0 amide bonds. The van der Waals surface area contributed by atoms with Gasteiger partial charge in [-0.1, -0.05) is 25.5 Å². The van der Waals surface area contributed by atoms with E-state index >= 15 is 0 Å². The normalized spacial score (nSPS) is 13.2. The third-order valence-electron chi connectivity index (χ3n) is 1.86. The van der Waals surface area contributed by atoms with Crippen LogP contribution in [-0.4, -0.2) is 18.5 Å². The Balaban J connectivity index is 3.66. The van der Waals surface area contributed by atoms with Crippen LogP contribution in [0.1, 0.15) is 27.7 Å². The third kappa shape index (κ3) is 5.62. The maximum Gasteiger partial charge on any atom is 0.0379 e. The van der Waals surface area contributed by atoms with E-state index in [0.29, 0.717) is 17.8 Å². The molecule has 12 heavy (non-hydrogen) atoms. The van der Waals surface area contributed by atoms with Crippen LogP contribution in [0.2, 0.25) is 0 Å². The first kappa shape index (κ1) is 12.0. The van der Waals surface area contributed by atoms with E-state index < -0.39 is 0 Å². The smallest absolute Gasteiger partial charge is 0.0379 e. The summed E-state index contributed by atoms with van der Waals surface area (Å²) in [6, 6.07) is 0.433. The van der Waals surface area contributed by atoms with Gasteiger partial charge in [-0.15, -0.1) is 11.6 Å². The van der Waals surface area contributed by atoms with Crippen LogP contribution in [0.25, 0.3) is 0 Å². The van der Waals surface area contributed by atoms with Gasteiger partial charge in [0.1, 0.15) is 0 Å². The Morgan fingerprint density at radius 1 is 1.42 bits per heavy atom. The molecule has 1 N–H and O–H groups in total. The average Bonchev–Trinajstić information content (AvgIpc) is 1.96. The number of hydrogen-bond donors (Lipinski definition) is 1. The zero-order valence-corrected chi connectivity index (χ0v) is 9.28. The fraction of sp³-hybridized carbons (Fsp3) is 0.800. The Morgan fingerprint density at radius 3 is 2.33 bits per heavy atom. The molecule has 0 saturated carbocycles. The Morgan fingerprint density at radius 2 is 2.00 bits per heavy atom. The molecule has 0 aromatic carbocycles. The van der Waals surface area contributed by atoms with Crippen molar-refractivity contribution in [2.75, 3.05) is 12.4 Å². The predicted octanol–water partition coefficient (Wildman–Crippen LogP) is 2.81. The lowest BCUT2D eigenvalue weighted by atomic mass is 10.1. The minimum Gasteiger partial charge on any atom is -0.309 e. The summed E-state index contributed by atoms with van der Waals surface area (Å²) < 4.78 is 0. The Kier molecular flexibility index (Phi) is 6.49. The summed E-state index contributed by atoms with van der Waals surface area (Å²) in [5.74, 6) is 1.29. The van der Waals surface area contributed by atoms with Crippen molar-refractivity contribution in [3.63, 3.8) is 0 Å². The Bertz CT molecular complexity index is 137. The second kappa shape index (κ2) is 6.50. The van der Waals surface area contributed by atoms with Crippen molar-refractivity contribution in [3.8, 4) is 0 Å². The first-order chi connectivity index (χ1) is 5.57. The van der Waals surface area contributed by atoms with Crippen LogP contribution in [-0.2, 0) is 0 Å². The quantitative estimate of drug-likeness (QED) is 0.518. The summed E-state index contributed by atoms with van der Waals surface area (Å²) in [6.45, 7) is 9.50. The van der Waals surface area contributed by atoms with Crippen molar-refractivity contribution in [1.29, 1.82) is 0 Å². The van der Waals surface area contributed by atoms with Crippen molar-refractivity contribution in [1.82, 2.24) is 5.32 Å². The summed E-state index contributed by atoms with van der Waals surface area (Å²) in [4.78, 5) is 0. The number of nitrogens with one attached hydrogen (secondary N) is 1. The molecular weight excluding hydrogens is 170 g/mol. The van der Waals surface area contributed by atoms with Crippen molar-refractivity contribution in [2.45, 2.75) is 33.7 Å². The van der Waals surface area contributed by atoms with Crippen LogP contribution < -0.4 is 5.32 Å². The lowest BCUT2D eigenvalue weighted by molar-refractivity contribution is 0.449. The maximum absolute atomic E-state index is 5.79. The Labute approximate surface area is 81.2 Å². The van der Waals surface area contributed by atoms with Gasteiger partial charge in [0.05, 0.1) is 0 Å². The maximum atomic E-state index is 5.79. The fourth-order valence-corrected chi connectivity index (χ4v) is 1.35. The predicted molar refractivity (Wildman–Crippen MR) is 56.8 cm³/mol.